The zero-order valence-corrected chi connectivity index (χ0v) is 19.7. The summed E-state index contributed by atoms with van der Waals surface area (Å²) >= 11 is 1.70. The number of nitrogens with zero attached hydrogens (tertiary/aromatic N) is 3. The van der Waals surface area contributed by atoms with E-state index in [1.165, 1.54) is 10.4 Å². The fourth-order valence-electron chi connectivity index (χ4n) is 4.54. The summed E-state index contributed by atoms with van der Waals surface area (Å²) in [4.78, 5) is 25.3. The molecule has 170 valence electrons. The first-order chi connectivity index (χ1) is 14.7. The number of carbonyl (C=O) groups is 1. The number of aryl methyl sites for hydroxylation is 1. The normalized spacial score (nSPS) is 24.4. The Morgan fingerprint density at radius 1 is 1.19 bits per heavy atom. The molecular weight excluding hydrogens is 414 g/mol. The molecule has 1 fully saturated rings. The standard InChI is InChI=1S/C23H33N3O4S/c1-23(2,3)30-22(28)26(4)14-8-10-16(11-9-14)29-20-19-17-12-15(27)6-5-7-18(17)31-21(19)25-13-24-20/h13-16,27H,5-12H2,1-4H3. The third kappa shape index (κ3) is 5.12. The van der Waals surface area contributed by atoms with Crippen molar-refractivity contribution in [2.75, 3.05) is 7.05 Å². The molecule has 1 unspecified atom stereocenters. The number of rotatable bonds is 3. The average Bonchev–Trinajstić information content (AvgIpc) is 2.94. The third-order valence-corrected chi connectivity index (χ3v) is 7.37. The second-order valence-electron chi connectivity index (χ2n) is 9.75. The summed E-state index contributed by atoms with van der Waals surface area (Å²) in [5.74, 6) is 0.639. The number of aromatic nitrogens is 2. The number of ether oxygens (including phenoxy) is 2. The summed E-state index contributed by atoms with van der Waals surface area (Å²) in [5, 5.41) is 11.3. The van der Waals surface area contributed by atoms with Gasteiger partial charge < -0.3 is 19.5 Å². The highest BCUT2D eigenvalue weighted by Crippen LogP contribution is 2.39. The quantitative estimate of drug-likeness (QED) is 0.698. The van der Waals surface area contributed by atoms with Crippen LogP contribution in [0.25, 0.3) is 10.2 Å². The molecule has 1 saturated carbocycles. The van der Waals surface area contributed by atoms with Crippen LogP contribution in [0, 0.1) is 0 Å². The van der Waals surface area contributed by atoms with E-state index in [1.807, 2.05) is 27.8 Å². The first-order valence-corrected chi connectivity index (χ1v) is 12.1. The van der Waals surface area contributed by atoms with Crippen LogP contribution in [0.4, 0.5) is 4.79 Å². The predicted molar refractivity (Wildman–Crippen MR) is 121 cm³/mol. The van der Waals surface area contributed by atoms with Crippen molar-refractivity contribution in [3.8, 4) is 5.88 Å². The van der Waals surface area contributed by atoms with Crippen molar-refractivity contribution in [2.24, 2.45) is 0 Å². The predicted octanol–water partition coefficient (Wildman–Crippen LogP) is 4.49. The molecule has 0 bridgehead atoms. The number of thiophene rings is 1. The van der Waals surface area contributed by atoms with E-state index in [1.54, 1.807) is 22.6 Å². The summed E-state index contributed by atoms with van der Waals surface area (Å²) < 4.78 is 11.9. The first kappa shape index (κ1) is 22.3. The number of hydrogen-bond acceptors (Lipinski definition) is 7. The van der Waals surface area contributed by atoms with E-state index in [4.69, 9.17) is 9.47 Å². The van der Waals surface area contributed by atoms with Crippen molar-refractivity contribution < 1.29 is 19.4 Å². The van der Waals surface area contributed by atoms with Gasteiger partial charge in [-0.05, 0) is 71.3 Å². The molecule has 0 aromatic carbocycles. The topological polar surface area (TPSA) is 84.8 Å². The Labute approximate surface area is 187 Å². The highest BCUT2D eigenvalue weighted by atomic mass is 32.1. The molecule has 2 aromatic heterocycles. The molecule has 2 aliphatic rings. The van der Waals surface area contributed by atoms with Crippen LogP contribution in [0.5, 0.6) is 5.88 Å². The molecule has 0 radical (unpaired) electrons. The van der Waals surface area contributed by atoms with Crippen molar-refractivity contribution in [2.45, 2.75) is 96.0 Å². The largest absolute Gasteiger partial charge is 0.474 e. The van der Waals surface area contributed by atoms with Crippen LogP contribution in [0.2, 0.25) is 0 Å². The van der Waals surface area contributed by atoms with Crippen molar-refractivity contribution in [3.05, 3.63) is 16.8 Å². The fraction of sp³-hybridized carbons (Fsp3) is 0.696. The Hall–Kier alpha value is -1.93. The molecule has 4 rings (SSSR count). The van der Waals surface area contributed by atoms with Crippen molar-refractivity contribution in [3.63, 3.8) is 0 Å². The van der Waals surface area contributed by atoms with Crippen LogP contribution in [0.3, 0.4) is 0 Å². The van der Waals surface area contributed by atoms with Crippen LogP contribution < -0.4 is 4.74 Å². The van der Waals surface area contributed by atoms with Crippen LogP contribution in [0.1, 0.15) is 69.7 Å². The lowest BCUT2D eigenvalue weighted by Crippen LogP contribution is -2.43. The summed E-state index contributed by atoms with van der Waals surface area (Å²) in [6.07, 6.45) is 7.97. The van der Waals surface area contributed by atoms with Crippen molar-refractivity contribution >= 4 is 27.6 Å². The monoisotopic (exact) mass is 447 g/mol. The Kier molecular flexibility index (Phi) is 6.40. The number of aliphatic hydroxyl groups is 1. The van der Waals surface area contributed by atoms with E-state index in [0.29, 0.717) is 12.3 Å². The SMILES string of the molecule is CN(C(=O)OC(C)(C)C)C1CCC(Oc2ncnc3sc4c(c23)CC(O)CCC4)CC1. The Morgan fingerprint density at radius 2 is 1.94 bits per heavy atom. The highest BCUT2D eigenvalue weighted by molar-refractivity contribution is 7.18. The maximum atomic E-state index is 12.4. The van der Waals surface area contributed by atoms with Gasteiger partial charge in [0.1, 0.15) is 22.9 Å². The molecule has 1 N–H and O–H groups in total. The van der Waals surface area contributed by atoms with Crippen LogP contribution >= 0.6 is 11.3 Å². The van der Waals surface area contributed by atoms with Crippen LogP contribution in [-0.2, 0) is 17.6 Å². The van der Waals surface area contributed by atoms with Gasteiger partial charge in [-0.25, -0.2) is 14.8 Å². The Morgan fingerprint density at radius 3 is 2.65 bits per heavy atom. The number of carbonyl (C=O) groups excluding carboxylic acids is 1. The summed E-state index contributed by atoms with van der Waals surface area (Å²) in [6, 6.07) is 0.160. The molecule has 2 aromatic rings. The third-order valence-electron chi connectivity index (χ3n) is 6.17. The van der Waals surface area contributed by atoms with Crippen LogP contribution in [0.15, 0.2) is 6.33 Å². The first-order valence-electron chi connectivity index (χ1n) is 11.3. The van der Waals surface area contributed by atoms with E-state index < -0.39 is 5.60 Å². The van der Waals surface area contributed by atoms with Gasteiger partial charge in [-0.2, -0.15) is 0 Å². The fourth-order valence-corrected chi connectivity index (χ4v) is 5.74. The summed E-state index contributed by atoms with van der Waals surface area (Å²) in [5.41, 5.74) is 0.676. The molecule has 2 heterocycles. The molecular formula is C23H33N3O4S. The van der Waals surface area contributed by atoms with E-state index >= 15 is 0 Å². The second-order valence-corrected chi connectivity index (χ2v) is 10.8. The maximum absolute atomic E-state index is 12.4. The van der Waals surface area contributed by atoms with Gasteiger partial charge in [0.05, 0.1) is 11.5 Å². The molecule has 0 saturated heterocycles. The molecule has 1 atom stereocenters. The minimum atomic E-state index is -0.490. The zero-order valence-electron chi connectivity index (χ0n) is 18.9. The molecule has 0 spiro atoms. The van der Waals surface area contributed by atoms with E-state index in [-0.39, 0.29) is 24.3 Å². The van der Waals surface area contributed by atoms with Crippen LogP contribution in [-0.4, -0.2) is 57.0 Å². The van der Waals surface area contributed by atoms with Gasteiger partial charge >= 0.3 is 6.09 Å². The van der Waals surface area contributed by atoms with Crippen molar-refractivity contribution in [1.29, 1.82) is 0 Å². The van der Waals surface area contributed by atoms with Gasteiger partial charge in [-0.1, -0.05) is 0 Å². The number of hydrogen-bond donors (Lipinski definition) is 1. The van der Waals surface area contributed by atoms with Gasteiger partial charge in [0.2, 0.25) is 5.88 Å². The van der Waals surface area contributed by atoms with E-state index in [2.05, 4.69) is 9.97 Å². The minimum Gasteiger partial charge on any atom is -0.474 e. The molecule has 2 aliphatic carbocycles. The lowest BCUT2D eigenvalue weighted by molar-refractivity contribution is 0.0137. The Balaban J connectivity index is 1.43. The van der Waals surface area contributed by atoms with E-state index in [9.17, 15) is 9.90 Å². The lowest BCUT2D eigenvalue weighted by Gasteiger charge is -2.35. The molecule has 1 amide bonds. The Bertz CT molecular complexity index is 931. The minimum absolute atomic E-state index is 0.0626. The summed E-state index contributed by atoms with van der Waals surface area (Å²) in [6.45, 7) is 5.65. The van der Waals surface area contributed by atoms with Crippen molar-refractivity contribution in [1.82, 2.24) is 14.9 Å². The van der Waals surface area contributed by atoms with Gasteiger partial charge in [-0.15, -0.1) is 11.3 Å². The van der Waals surface area contributed by atoms with Gasteiger partial charge in [0, 0.05) is 24.4 Å². The molecule has 8 heteroatoms. The number of fused-ring (bicyclic) bond motifs is 3. The summed E-state index contributed by atoms with van der Waals surface area (Å²) in [7, 11) is 1.82. The second kappa shape index (κ2) is 8.90. The highest BCUT2D eigenvalue weighted by Gasteiger charge is 2.31. The van der Waals surface area contributed by atoms with Gasteiger partial charge in [-0.3, -0.25) is 0 Å². The van der Waals surface area contributed by atoms with Gasteiger partial charge in [0.25, 0.3) is 0 Å². The number of amides is 1. The molecule has 31 heavy (non-hydrogen) atoms. The smallest absolute Gasteiger partial charge is 0.410 e. The van der Waals surface area contributed by atoms with E-state index in [0.717, 1.165) is 55.2 Å². The molecule has 0 aliphatic heterocycles. The van der Waals surface area contributed by atoms with Gasteiger partial charge in [0.15, 0.2) is 0 Å². The zero-order chi connectivity index (χ0) is 22.2. The number of aliphatic hydroxyl groups excluding tert-OH is 1. The maximum Gasteiger partial charge on any atom is 0.410 e. The lowest BCUT2D eigenvalue weighted by atomic mass is 9.92. The average molecular weight is 448 g/mol. The molecule has 7 nitrogen and oxygen atoms in total.